The Balaban J connectivity index is 2.53. The monoisotopic (exact) mass is 327 g/mol. The highest BCUT2D eigenvalue weighted by molar-refractivity contribution is 7.86. The maximum Gasteiger partial charge on any atom is 0.316 e. The third-order valence-electron chi connectivity index (χ3n) is 2.36. The van der Waals surface area contributed by atoms with Crippen LogP contribution < -0.4 is 4.74 Å². The second-order valence-electron chi connectivity index (χ2n) is 3.83. The van der Waals surface area contributed by atoms with E-state index in [1.807, 2.05) is 0 Å². The minimum Gasteiger partial charge on any atom is -0.456 e. The summed E-state index contributed by atoms with van der Waals surface area (Å²) in [5.74, 6) is 0.221. The molecule has 2 rings (SSSR count). The first-order chi connectivity index (χ1) is 9.86. The van der Waals surface area contributed by atoms with E-state index in [9.17, 15) is 21.4 Å². The molecule has 0 heterocycles. The van der Waals surface area contributed by atoms with Gasteiger partial charge in [-0.15, -0.1) is 4.36 Å². The van der Waals surface area contributed by atoms with Crippen LogP contribution in [0.2, 0.25) is 0 Å². The van der Waals surface area contributed by atoms with Crippen molar-refractivity contribution in [3.8, 4) is 11.5 Å². The van der Waals surface area contributed by atoms with Crippen LogP contribution in [0.5, 0.6) is 11.5 Å². The Hall–Kier alpha value is -2.23. The van der Waals surface area contributed by atoms with Gasteiger partial charge in [0, 0.05) is 0 Å². The molecular formula is C12H9NO6S2. The lowest BCUT2D eigenvalue weighted by atomic mass is 10.3. The summed E-state index contributed by atoms with van der Waals surface area (Å²) in [7, 11) is -7.34. The van der Waals surface area contributed by atoms with Gasteiger partial charge in [-0.25, -0.2) is 0 Å². The maximum absolute atomic E-state index is 11.4. The first-order valence-electron chi connectivity index (χ1n) is 5.52. The topological polar surface area (TPSA) is 110 Å². The summed E-state index contributed by atoms with van der Waals surface area (Å²) < 4.78 is 61.4. The summed E-state index contributed by atoms with van der Waals surface area (Å²) in [6.45, 7) is 0. The van der Waals surface area contributed by atoms with Gasteiger partial charge in [-0.2, -0.15) is 16.8 Å². The highest BCUT2D eigenvalue weighted by atomic mass is 32.2. The largest absolute Gasteiger partial charge is 0.456 e. The summed E-state index contributed by atoms with van der Waals surface area (Å²) in [5, 5.41) is 0. The van der Waals surface area contributed by atoms with Crippen LogP contribution in [0.1, 0.15) is 0 Å². The summed E-state index contributed by atoms with van der Waals surface area (Å²) in [5.41, 5.74) is -0.142. The average Bonchev–Trinajstić information content (AvgIpc) is 2.40. The molecule has 0 radical (unpaired) electrons. The van der Waals surface area contributed by atoms with E-state index in [0.29, 0.717) is 5.75 Å². The Kier molecular flexibility index (Phi) is 4.36. The predicted octanol–water partition coefficient (Wildman–Crippen LogP) is 2.42. The van der Waals surface area contributed by atoms with Gasteiger partial charge in [-0.3, -0.25) is 4.55 Å². The number of para-hydroxylation sites is 1. The molecule has 0 bridgehead atoms. The van der Waals surface area contributed by atoms with Crippen LogP contribution in [0.25, 0.3) is 0 Å². The predicted molar refractivity (Wildman–Crippen MR) is 73.8 cm³/mol. The quantitative estimate of drug-likeness (QED) is 0.863. The molecule has 0 spiro atoms. The Bertz CT molecular complexity index is 881. The van der Waals surface area contributed by atoms with Gasteiger partial charge in [0.15, 0.2) is 0 Å². The summed E-state index contributed by atoms with van der Waals surface area (Å²) in [6, 6.07) is 11.7. The zero-order chi connectivity index (χ0) is 15.5. The van der Waals surface area contributed by atoms with Crippen LogP contribution in [-0.4, -0.2) is 21.4 Å². The van der Waals surface area contributed by atoms with E-state index in [0.717, 1.165) is 6.07 Å². The first-order valence-corrected chi connectivity index (χ1v) is 7.99. The third kappa shape index (κ3) is 4.12. The standard InChI is InChI=1S/C12H9NO6S2/c14-20(15)13-9-6-7-11(12(8-9)21(16,17)18)19-10-4-2-1-3-5-10/h1-8H,(H,16,17,18). The van der Waals surface area contributed by atoms with Crippen molar-refractivity contribution in [2.24, 2.45) is 4.36 Å². The van der Waals surface area contributed by atoms with Gasteiger partial charge in [0.2, 0.25) is 0 Å². The van der Waals surface area contributed by atoms with Gasteiger partial charge < -0.3 is 4.74 Å². The first kappa shape index (κ1) is 15.2. The van der Waals surface area contributed by atoms with Crippen LogP contribution in [0, 0.1) is 0 Å². The molecule has 9 heteroatoms. The number of hydrogen-bond donors (Lipinski definition) is 1. The Morgan fingerprint density at radius 3 is 2.29 bits per heavy atom. The van der Waals surface area contributed by atoms with Crippen molar-refractivity contribution in [3.63, 3.8) is 0 Å². The second-order valence-corrected chi connectivity index (χ2v) is 5.84. The van der Waals surface area contributed by atoms with Gasteiger partial charge in [-0.05, 0) is 30.3 Å². The Morgan fingerprint density at radius 2 is 1.71 bits per heavy atom. The Labute approximate surface area is 122 Å². The smallest absolute Gasteiger partial charge is 0.316 e. The lowest BCUT2D eigenvalue weighted by Gasteiger charge is -2.09. The van der Waals surface area contributed by atoms with Gasteiger partial charge in [0.1, 0.15) is 16.4 Å². The number of hydrogen-bond acceptors (Lipinski definition) is 6. The summed E-state index contributed by atoms with van der Waals surface area (Å²) in [6.07, 6.45) is 0. The van der Waals surface area contributed by atoms with Gasteiger partial charge in [-0.1, -0.05) is 18.2 Å². The molecule has 0 unspecified atom stereocenters. The number of rotatable bonds is 4. The minimum atomic E-state index is -4.60. The zero-order valence-corrected chi connectivity index (χ0v) is 12.0. The fourth-order valence-electron chi connectivity index (χ4n) is 1.54. The highest BCUT2D eigenvalue weighted by Gasteiger charge is 2.18. The molecule has 1 N–H and O–H groups in total. The Morgan fingerprint density at radius 1 is 1.05 bits per heavy atom. The van der Waals surface area contributed by atoms with Crippen LogP contribution in [0.15, 0.2) is 57.8 Å². The van der Waals surface area contributed by atoms with E-state index in [4.69, 9.17) is 4.74 Å². The van der Waals surface area contributed by atoms with Crippen molar-refractivity contribution in [2.45, 2.75) is 4.90 Å². The zero-order valence-electron chi connectivity index (χ0n) is 10.4. The molecule has 7 nitrogen and oxygen atoms in total. The van der Waals surface area contributed by atoms with E-state index >= 15 is 0 Å². The molecule has 110 valence electrons. The van der Waals surface area contributed by atoms with Crippen LogP contribution in [-0.2, 0) is 20.6 Å². The van der Waals surface area contributed by atoms with Crippen LogP contribution in [0.3, 0.4) is 0 Å². The molecule has 0 saturated carbocycles. The summed E-state index contributed by atoms with van der Waals surface area (Å²) >= 11 is 0. The molecule has 0 aromatic heterocycles. The van der Waals surface area contributed by atoms with E-state index in [2.05, 4.69) is 4.36 Å². The van der Waals surface area contributed by atoms with Gasteiger partial charge >= 0.3 is 10.5 Å². The van der Waals surface area contributed by atoms with Crippen molar-refractivity contribution < 1.29 is 26.1 Å². The van der Waals surface area contributed by atoms with E-state index in [1.165, 1.54) is 12.1 Å². The number of nitrogens with zero attached hydrogens (tertiary/aromatic N) is 1. The van der Waals surface area contributed by atoms with Crippen molar-refractivity contribution in [3.05, 3.63) is 48.5 Å². The molecule has 0 atom stereocenters. The molecule has 0 aliphatic rings. The third-order valence-corrected chi connectivity index (χ3v) is 3.59. The average molecular weight is 327 g/mol. The molecule has 2 aromatic carbocycles. The molecular weight excluding hydrogens is 318 g/mol. The van der Waals surface area contributed by atoms with Crippen LogP contribution >= 0.6 is 0 Å². The molecule has 0 aliphatic carbocycles. The van der Waals surface area contributed by atoms with Crippen molar-refractivity contribution in [2.75, 3.05) is 0 Å². The molecule has 0 amide bonds. The number of benzene rings is 2. The van der Waals surface area contributed by atoms with Crippen LogP contribution in [0.4, 0.5) is 5.69 Å². The fraction of sp³-hybridized carbons (Fsp3) is 0. The minimum absolute atomic E-state index is 0.140. The van der Waals surface area contributed by atoms with E-state index in [-0.39, 0.29) is 11.4 Å². The molecule has 0 fully saturated rings. The molecule has 0 saturated heterocycles. The maximum atomic E-state index is 11.4. The van der Waals surface area contributed by atoms with Gasteiger partial charge in [0.05, 0.1) is 5.69 Å². The van der Waals surface area contributed by atoms with E-state index < -0.39 is 25.5 Å². The van der Waals surface area contributed by atoms with Crippen molar-refractivity contribution in [1.29, 1.82) is 0 Å². The molecule has 21 heavy (non-hydrogen) atoms. The second kappa shape index (κ2) is 6.04. The van der Waals surface area contributed by atoms with Crippen molar-refractivity contribution >= 4 is 26.3 Å². The number of ether oxygens (including phenoxy) is 1. The molecule has 2 aromatic rings. The van der Waals surface area contributed by atoms with Gasteiger partial charge in [0.25, 0.3) is 10.1 Å². The lowest BCUT2D eigenvalue weighted by Crippen LogP contribution is -2.01. The normalized spacial score (nSPS) is 10.9. The fourth-order valence-corrected chi connectivity index (χ4v) is 2.46. The SMILES string of the molecule is O=S(=O)=Nc1ccc(Oc2ccccc2)c(S(=O)(=O)O)c1. The lowest BCUT2D eigenvalue weighted by molar-refractivity contribution is 0.450. The van der Waals surface area contributed by atoms with E-state index in [1.54, 1.807) is 30.3 Å². The molecule has 0 aliphatic heterocycles. The van der Waals surface area contributed by atoms with Crippen molar-refractivity contribution in [1.82, 2.24) is 0 Å². The summed E-state index contributed by atoms with van der Waals surface area (Å²) in [4.78, 5) is -0.571. The highest BCUT2D eigenvalue weighted by Crippen LogP contribution is 2.31.